The van der Waals surface area contributed by atoms with Gasteiger partial charge in [-0.1, -0.05) is 0 Å². The number of anilines is 1. The van der Waals surface area contributed by atoms with Gasteiger partial charge in [0, 0.05) is 31.5 Å². The Balaban J connectivity index is 1.69. The lowest BCUT2D eigenvalue weighted by atomic mass is 10.0. The van der Waals surface area contributed by atoms with Gasteiger partial charge in [0.15, 0.2) is 9.84 Å². The predicted octanol–water partition coefficient (Wildman–Crippen LogP) is 1.27. The van der Waals surface area contributed by atoms with E-state index in [4.69, 9.17) is 4.74 Å². The summed E-state index contributed by atoms with van der Waals surface area (Å²) in [6.45, 7) is 3.44. The lowest BCUT2D eigenvalue weighted by Crippen LogP contribution is -2.53. The Kier molecular flexibility index (Phi) is 4.75. The topological polar surface area (TPSA) is 102 Å². The molecular weight excluding hydrogens is 334 g/mol. The predicted molar refractivity (Wildman–Crippen MR) is 89.0 cm³/mol. The molecule has 2 aliphatic heterocycles. The Bertz CT molecular complexity index is 725. The summed E-state index contributed by atoms with van der Waals surface area (Å²) >= 11 is 0. The van der Waals surface area contributed by atoms with Gasteiger partial charge in [-0.25, -0.2) is 8.42 Å². The molecule has 0 spiro atoms. The second-order valence-electron chi connectivity index (χ2n) is 6.35. The first-order valence-corrected chi connectivity index (χ1v) is 9.80. The zero-order valence-corrected chi connectivity index (χ0v) is 14.3. The zero-order chi connectivity index (χ0) is 17.3. The van der Waals surface area contributed by atoms with Crippen molar-refractivity contribution in [3.05, 3.63) is 28.3 Å². The Morgan fingerprint density at radius 2 is 1.96 bits per heavy atom. The monoisotopic (exact) mass is 355 g/mol. The van der Waals surface area contributed by atoms with E-state index in [1.54, 1.807) is 0 Å². The van der Waals surface area contributed by atoms with E-state index in [0.717, 1.165) is 51.5 Å². The van der Waals surface area contributed by atoms with Gasteiger partial charge in [0.1, 0.15) is 5.69 Å². The first kappa shape index (κ1) is 17.1. The molecular formula is C15H21N3O5S. The molecule has 2 heterocycles. The largest absolute Gasteiger partial charge is 0.378 e. The summed E-state index contributed by atoms with van der Waals surface area (Å²) in [5.41, 5.74) is 0.172. The summed E-state index contributed by atoms with van der Waals surface area (Å²) in [6, 6.07) is 4.67. The minimum Gasteiger partial charge on any atom is -0.378 e. The SMILES string of the molecule is CS(=O)(=O)c1ccc(NC2CCN(C3COC3)CC2)c([N+](=O)[O-])c1. The highest BCUT2D eigenvalue weighted by molar-refractivity contribution is 7.90. The summed E-state index contributed by atoms with van der Waals surface area (Å²) < 4.78 is 28.4. The van der Waals surface area contributed by atoms with Gasteiger partial charge in [0.2, 0.25) is 0 Å². The van der Waals surface area contributed by atoms with Crippen molar-refractivity contribution in [1.29, 1.82) is 0 Å². The fourth-order valence-electron chi connectivity index (χ4n) is 3.08. The molecule has 0 saturated carbocycles. The number of sulfone groups is 1. The number of likely N-dealkylation sites (tertiary alicyclic amines) is 1. The highest BCUT2D eigenvalue weighted by Gasteiger charge is 2.30. The molecule has 9 heteroatoms. The zero-order valence-electron chi connectivity index (χ0n) is 13.5. The summed E-state index contributed by atoms with van der Waals surface area (Å²) in [5, 5.41) is 14.5. The van der Waals surface area contributed by atoms with Crippen molar-refractivity contribution in [2.45, 2.75) is 29.8 Å². The van der Waals surface area contributed by atoms with E-state index in [0.29, 0.717) is 11.7 Å². The van der Waals surface area contributed by atoms with E-state index >= 15 is 0 Å². The van der Waals surface area contributed by atoms with Gasteiger partial charge >= 0.3 is 0 Å². The highest BCUT2D eigenvalue weighted by atomic mass is 32.2. The second-order valence-corrected chi connectivity index (χ2v) is 8.37. The third kappa shape index (κ3) is 3.68. The van der Waals surface area contributed by atoms with Gasteiger partial charge < -0.3 is 10.1 Å². The minimum atomic E-state index is -3.47. The van der Waals surface area contributed by atoms with Crippen molar-refractivity contribution in [2.24, 2.45) is 0 Å². The van der Waals surface area contributed by atoms with Crippen LogP contribution in [0, 0.1) is 10.1 Å². The molecule has 0 radical (unpaired) electrons. The third-order valence-electron chi connectivity index (χ3n) is 4.62. The smallest absolute Gasteiger partial charge is 0.293 e. The minimum absolute atomic E-state index is 0.0421. The van der Waals surface area contributed by atoms with Crippen molar-refractivity contribution in [3.63, 3.8) is 0 Å². The maximum Gasteiger partial charge on any atom is 0.293 e. The number of ether oxygens (including phenoxy) is 1. The Labute approximate surface area is 140 Å². The van der Waals surface area contributed by atoms with Crippen LogP contribution < -0.4 is 5.32 Å². The third-order valence-corrected chi connectivity index (χ3v) is 5.73. The van der Waals surface area contributed by atoms with E-state index < -0.39 is 14.8 Å². The summed E-state index contributed by atoms with van der Waals surface area (Å²) in [6.07, 6.45) is 2.82. The molecule has 8 nitrogen and oxygen atoms in total. The maximum absolute atomic E-state index is 11.6. The van der Waals surface area contributed by atoms with Crippen molar-refractivity contribution >= 4 is 21.2 Å². The van der Waals surface area contributed by atoms with E-state index in [2.05, 4.69) is 10.2 Å². The molecule has 132 valence electrons. The number of nitro benzene ring substituents is 1. The number of nitrogens with zero attached hydrogens (tertiary/aromatic N) is 2. The Morgan fingerprint density at radius 1 is 1.29 bits per heavy atom. The van der Waals surface area contributed by atoms with Crippen LogP contribution >= 0.6 is 0 Å². The van der Waals surface area contributed by atoms with Crippen LogP contribution in [0.2, 0.25) is 0 Å². The van der Waals surface area contributed by atoms with Crippen LogP contribution in [-0.2, 0) is 14.6 Å². The van der Waals surface area contributed by atoms with Crippen LogP contribution in [0.5, 0.6) is 0 Å². The molecule has 24 heavy (non-hydrogen) atoms. The molecule has 1 aromatic rings. The van der Waals surface area contributed by atoms with Gasteiger partial charge in [-0.05, 0) is 25.0 Å². The number of hydrogen-bond donors (Lipinski definition) is 1. The van der Waals surface area contributed by atoms with E-state index in [1.165, 1.54) is 12.1 Å². The molecule has 3 rings (SSSR count). The molecule has 2 fully saturated rings. The van der Waals surface area contributed by atoms with Crippen molar-refractivity contribution in [3.8, 4) is 0 Å². The number of piperidine rings is 1. The average molecular weight is 355 g/mol. The van der Waals surface area contributed by atoms with E-state index in [1.807, 2.05) is 0 Å². The molecule has 0 unspecified atom stereocenters. The second kappa shape index (κ2) is 6.66. The quantitative estimate of drug-likeness (QED) is 0.627. The number of hydrogen-bond acceptors (Lipinski definition) is 7. The lowest BCUT2D eigenvalue weighted by molar-refractivity contribution is -0.384. The first-order valence-electron chi connectivity index (χ1n) is 7.91. The summed E-state index contributed by atoms with van der Waals surface area (Å²) in [7, 11) is -3.47. The van der Waals surface area contributed by atoms with Gasteiger partial charge in [0.25, 0.3) is 5.69 Å². The van der Waals surface area contributed by atoms with Gasteiger partial charge in [0.05, 0.1) is 29.1 Å². The van der Waals surface area contributed by atoms with Crippen molar-refractivity contribution in [1.82, 2.24) is 4.90 Å². The van der Waals surface area contributed by atoms with Crippen LogP contribution in [0.3, 0.4) is 0 Å². The lowest BCUT2D eigenvalue weighted by Gasteiger charge is -2.41. The molecule has 0 bridgehead atoms. The summed E-state index contributed by atoms with van der Waals surface area (Å²) in [5.74, 6) is 0. The van der Waals surface area contributed by atoms with Crippen LogP contribution in [-0.4, -0.2) is 62.9 Å². The maximum atomic E-state index is 11.6. The van der Waals surface area contributed by atoms with Crippen LogP contribution in [0.25, 0.3) is 0 Å². The number of nitrogens with one attached hydrogen (secondary N) is 1. The van der Waals surface area contributed by atoms with Gasteiger partial charge in [-0.3, -0.25) is 15.0 Å². The molecule has 0 aliphatic carbocycles. The molecule has 2 saturated heterocycles. The molecule has 0 amide bonds. The van der Waals surface area contributed by atoms with Gasteiger partial charge in [-0.15, -0.1) is 0 Å². The van der Waals surface area contributed by atoms with Crippen LogP contribution in [0.1, 0.15) is 12.8 Å². The molecule has 0 atom stereocenters. The normalized spacial score (nSPS) is 20.5. The van der Waals surface area contributed by atoms with Crippen LogP contribution in [0.4, 0.5) is 11.4 Å². The Hall–Kier alpha value is -1.71. The van der Waals surface area contributed by atoms with Crippen molar-refractivity contribution < 1.29 is 18.1 Å². The number of benzene rings is 1. The molecule has 1 aromatic carbocycles. The highest BCUT2D eigenvalue weighted by Crippen LogP contribution is 2.30. The average Bonchev–Trinajstić information content (AvgIpc) is 2.46. The number of nitro groups is 1. The fraction of sp³-hybridized carbons (Fsp3) is 0.600. The standard InChI is InChI=1S/C15H21N3O5S/c1-24(21,22)13-2-3-14(15(8-13)18(19)20)16-11-4-6-17(7-5-11)12-9-23-10-12/h2-3,8,11-12,16H,4-7,9-10H2,1H3. The first-order chi connectivity index (χ1) is 11.3. The van der Waals surface area contributed by atoms with Gasteiger partial charge in [-0.2, -0.15) is 0 Å². The molecule has 1 N–H and O–H groups in total. The fourth-order valence-corrected chi connectivity index (χ4v) is 3.72. The Morgan fingerprint density at radius 3 is 2.46 bits per heavy atom. The van der Waals surface area contributed by atoms with Crippen LogP contribution in [0.15, 0.2) is 23.1 Å². The van der Waals surface area contributed by atoms with Crippen molar-refractivity contribution in [2.75, 3.05) is 37.9 Å². The summed E-state index contributed by atoms with van der Waals surface area (Å²) in [4.78, 5) is 13.1. The van der Waals surface area contributed by atoms with E-state index in [-0.39, 0.29) is 16.6 Å². The molecule has 0 aromatic heterocycles. The number of rotatable bonds is 5. The van der Waals surface area contributed by atoms with E-state index in [9.17, 15) is 18.5 Å². The molecule has 2 aliphatic rings.